The molecule has 2 aromatic rings. The second kappa shape index (κ2) is 8.72. The lowest BCUT2D eigenvalue weighted by Crippen LogP contribution is -2.15. The molecule has 0 aliphatic carbocycles. The topological polar surface area (TPSA) is 132 Å². The summed E-state index contributed by atoms with van der Waals surface area (Å²) in [6, 6.07) is 3.28. The van der Waals surface area contributed by atoms with Crippen molar-refractivity contribution >= 4 is 35.0 Å². The van der Waals surface area contributed by atoms with Crippen LogP contribution in [0.5, 0.6) is 0 Å². The maximum absolute atomic E-state index is 12.0. The normalized spacial score (nSPS) is 10.6. The Hall–Kier alpha value is -2.52. The number of carbonyl (C=O) groups excluding carboxylic acids is 1. The van der Waals surface area contributed by atoms with E-state index < -0.39 is 18.2 Å². The Balaban J connectivity index is 2.53. The molecule has 0 spiro atoms. The van der Waals surface area contributed by atoms with E-state index in [0.29, 0.717) is 4.34 Å². The summed E-state index contributed by atoms with van der Waals surface area (Å²) >= 11 is 1.95. The number of pyridine rings is 1. The van der Waals surface area contributed by atoms with Crippen molar-refractivity contribution in [1.29, 1.82) is 5.26 Å². The summed E-state index contributed by atoms with van der Waals surface area (Å²) in [6.45, 7) is 0. The number of nitrogens with zero attached hydrogens (tertiary/aromatic N) is 3. The van der Waals surface area contributed by atoms with E-state index in [1.807, 2.05) is 6.07 Å². The minimum Gasteiger partial charge on any atom is -0.477 e. The van der Waals surface area contributed by atoms with E-state index in [0.717, 1.165) is 23.1 Å². The molecule has 0 fully saturated rings. The van der Waals surface area contributed by atoms with Gasteiger partial charge in [-0.15, -0.1) is 11.3 Å². The van der Waals surface area contributed by atoms with Gasteiger partial charge in [0, 0.05) is 14.2 Å². The lowest BCUT2D eigenvalue weighted by Gasteiger charge is -2.17. The SMILES string of the molecule is COC(=O)c1cc(C#N)c(Sc2ncc(C(=O)O)s2)nc1C(OC)OC. The highest BCUT2D eigenvalue weighted by Gasteiger charge is 2.25. The molecule has 136 valence electrons. The zero-order chi connectivity index (χ0) is 19.3. The number of methoxy groups -OCH3 is 3. The van der Waals surface area contributed by atoms with Gasteiger partial charge >= 0.3 is 11.9 Å². The number of rotatable bonds is 7. The van der Waals surface area contributed by atoms with Crippen LogP contribution < -0.4 is 0 Å². The first-order chi connectivity index (χ1) is 12.4. The number of thiazole rings is 1. The Morgan fingerprint density at radius 2 is 2.04 bits per heavy atom. The van der Waals surface area contributed by atoms with Crippen molar-refractivity contribution in [3.63, 3.8) is 0 Å². The van der Waals surface area contributed by atoms with E-state index in [-0.39, 0.29) is 26.7 Å². The average Bonchev–Trinajstić information content (AvgIpc) is 3.11. The van der Waals surface area contributed by atoms with Gasteiger partial charge in [-0.3, -0.25) is 0 Å². The minimum absolute atomic E-state index is 0.0347. The van der Waals surface area contributed by atoms with E-state index in [4.69, 9.17) is 19.3 Å². The smallest absolute Gasteiger partial charge is 0.347 e. The molecule has 0 amide bonds. The highest BCUT2D eigenvalue weighted by atomic mass is 32.2. The molecule has 0 saturated heterocycles. The molecule has 9 nitrogen and oxygen atoms in total. The number of carboxylic acids is 1. The minimum atomic E-state index is -1.09. The Labute approximate surface area is 156 Å². The number of hydrogen-bond donors (Lipinski definition) is 1. The highest BCUT2D eigenvalue weighted by Crippen LogP contribution is 2.34. The van der Waals surface area contributed by atoms with Gasteiger partial charge < -0.3 is 19.3 Å². The van der Waals surface area contributed by atoms with Crippen molar-refractivity contribution in [2.75, 3.05) is 21.3 Å². The zero-order valence-electron chi connectivity index (χ0n) is 13.9. The van der Waals surface area contributed by atoms with Gasteiger partial charge in [-0.2, -0.15) is 5.26 Å². The van der Waals surface area contributed by atoms with Crippen LogP contribution in [0, 0.1) is 11.3 Å². The average molecular weight is 395 g/mol. The van der Waals surface area contributed by atoms with Crippen molar-refractivity contribution in [3.8, 4) is 6.07 Å². The molecule has 26 heavy (non-hydrogen) atoms. The summed E-state index contributed by atoms with van der Waals surface area (Å²) in [6.07, 6.45) is 0.264. The van der Waals surface area contributed by atoms with E-state index in [2.05, 4.69) is 9.97 Å². The number of carbonyl (C=O) groups is 2. The van der Waals surface area contributed by atoms with Gasteiger partial charge in [0.25, 0.3) is 0 Å². The van der Waals surface area contributed by atoms with E-state index >= 15 is 0 Å². The van der Waals surface area contributed by atoms with Crippen LogP contribution in [-0.2, 0) is 14.2 Å². The van der Waals surface area contributed by atoms with Crippen molar-refractivity contribution in [1.82, 2.24) is 9.97 Å². The summed E-state index contributed by atoms with van der Waals surface area (Å²) in [5.74, 6) is -1.79. The van der Waals surface area contributed by atoms with Gasteiger partial charge in [-0.25, -0.2) is 19.6 Å². The van der Waals surface area contributed by atoms with Crippen molar-refractivity contribution < 1.29 is 28.9 Å². The van der Waals surface area contributed by atoms with Gasteiger partial charge in [-0.05, 0) is 17.8 Å². The van der Waals surface area contributed by atoms with Crippen LogP contribution in [0.4, 0.5) is 0 Å². The standard InChI is InChI=1S/C15H13N3O6S2/c1-22-13(21)8-4-7(5-16)11(18-10(8)14(23-2)24-3)26-15-17-6-9(25-15)12(19)20/h4,6,14H,1-3H3,(H,19,20). The first kappa shape index (κ1) is 19.8. The molecular formula is C15H13N3O6S2. The molecule has 0 aliphatic rings. The molecule has 0 bridgehead atoms. The molecule has 1 N–H and O–H groups in total. The zero-order valence-corrected chi connectivity index (χ0v) is 15.5. The number of ether oxygens (including phenoxy) is 3. The van der Waals surface area contributed by atoms with Crippen LogP contribution in [0.15, 0.2) is 21.6 Å². The maximum atomic E-state index is 12.0. The van der Waals surface area contributed by atoms with Gasteiger partial charge in [-0.1, -0.05) is 0 Å². The van der Waals surface area contributed by atoms with E-state index in [9.17, 15) is 14.9 Å². The van der Waals surface area contributed by atoms with Crippen LogP contribution in [0.1, 0.15) is 37.6 Å². The molecule has 11 heteroatoms. The Kier molecular flexibility index (Phi) is 6.64. The molecule has 0 radical (unpaired) electrons. The van der Waals surface area contributed by atoms with E-state index in [1.54, 1.807) is 0 Å². The predicted molar refractivity (Wildman–Crippen MR) is 90.2 cm³/mol. The molecule has 0 atom stereocenters. The number of hydrogen-bond acceptors (Lipinski definition) is 10. The molecule has 0 aromatic carbocycles. The number of aromatic nitrogens is 2. The lowest BCUT2D eigenvalue weighted by molar-refractivity contribution is -0.109. The fourth-order valence-electron chi connectivity index (χ4n) is 1.93. The quantitative estimate of drug-likeness (QED) is 0.550. The predicted octanol–water partition coefficient (Wildman–Crippen LogP) is 2.34. The Bertz CT molecular complexity index is 873. The molecule has 2 aromatic heterocycles. The number of nitriles is 1. The monoisotopic (exact) mass is 395 g/mol. The molecule has 2 heterocycles. The Morgan fingerprint density at radius 1 is 1.35 bits per heavy atom. The van der Waals surface area contributed by atoms with Gasteiger partial charge in [0.05, 0.1) is 24.4 Å². The highest BCUT2D eigenvalue weighted by molar-refractivity contribution is 8.01. The molecule has 0 saturated carbocycles. The second-order valence-electron chi connectivity index (χ2n) is 4.58. The molecular weight excluding hydrogens is 382 g/mol. The Morgan fingerprint density at radius 3 is 2.54 bits per heavy atom. The number of aromatic carboxylic acids is 1. The molecule has 2 rings (SSSR count). The molecule has 0 unspecified atom stereocenters. The van der Waals surface area contributed by atoms with Crippen molar-refractivity contribution in [2.45, 2.75) is 15.7 Å². The fourth-order valence-corrected chi connectivity index (χ4v) is 3.72. The summed E-state index contributed by atoms with van der Waals surface area (Å²) in [4.78, 5) is 31.4. The van der Waals surface area contributed by atoms with Crippen LogP contribution in [0.3, 0.4) is 0 Å². The third kappa shape index (κ3) is 4.17. The van der Waals surface area contributed by atoms with Gasteiger partial charge in [0.2, 0.25) is 6.29 Å². The third-order valence-corrected chi connectivity index (χ3v) is 5.14. The first-order valence-corrected chi connectivity index (χ1v) is 8.54. The van der Waals surface area contributed by atoms with Crippen molar-refractivity contribution in [3.05, 3.63) is 34.0 Å². The van der Waals surface area contributed by atoms with Gasteiger partial charge in [0.15, 0.2) is 4.34 Å². The van der Waals surface area contributed by atoms with Gasteiger partial charge in [0.1, 0.15) is 21.7 Å². The summed E-state index contributed by atoms with van der Waals surface area (Å²) in [5.41, 5.74) is 0.281. The summed E-state index contributed by atoms with van der Waals surface area (Å²) in [7, 11) is 3.96. The number of carboxylic acid groups (broad SMARTS) is 1. The summed E-state index contributed by atoms with van der Waals surface area (Å²) in [5, 5.41) is 18.6. The molecule has 0 aliphatic heterocycles. The van der Waals surface area contributed by atoms with Crippen LogP contribution in [0.25, 0.3) is 0 Å². The number of esters is 1. The first-order valence-electron chi connectivity index (χ1n) is 6.91. The fraction of sp³-hybridized carbons (Fsp3) is 0.267. The van der Waals surface area contributed by atoms with Crippen molar-refractivity contribution in [2.24, 2.45) is 0 Å². The lowest BCUT2D eigenvalue weighted by atomic mass is 10.1. The van der Waals surface area contributed by atoms with E-state index in [1.165, 1.54) is 33.6 Å². The van der Waals surface area contributed by atoms with Crippen LogP contribution in [-0.4, -0.2) is 48.3 Å². The summed E-state index contributed by atoms with van der Waals surface area (Å²) < 4.78 is 15.4. The third-order valence-electron chi connectivity index (χ3n) is 3.07. The second-order valence-corrected chi connectivity index (χ2v) is 6.84. The largest absolute Gasteiger partial charge is 0.477 e. The maximum Gasteiger partial charge on any atom is 0.347 e. The van der Waals surface area contributed by atoms with Crippen LogP contribution >= 0.6 is 23.1 Å². The van der Waals surface area contributed by atoms with Crippen LogP contribution in [0.2, 0.25) is 0 Å².